The Balaban J connectivity index is 1.18. The molecule has 2 aliphatic heterocycles. The van der Waals surface area contributed by atoms with Crippen LogP contribution in [0.5, 0.6) is 0 Å². The first kappa shape index (κ1) is 49.5. The van der Waals surface area contributed by atoms with Crippen molar-refractivity contribution in [2.45, 2.75) is 112 Å². The van der Waals surface area contributed by atoms with E-state index in [2.05, 4.69) is 293 Å². The van der Waals surface area contributed by atoms with Crippen LogP contribution in [0.2, 0.25) is 0 Å². The highest BCUT2D eigenvalue weighted by Gasteiger charge is 2.47. The number of hydrogen-bond acceptors (Lipinski definition) is 4. The van der Waals surface area contributed by atoms with Gasteiger partial charge in [0.05, 0.1) is 5.69 Å². The van der Waals surface area contributed by atoms with E-state index in [1.54, 1.807) is 0 Å². The lowest BCUT2D eigenvalue weighted by atomic mass is 9.43. The van der Waals surface area contributed by atoms with Crippen molar-refractivity contribution in [2.24, 2.45) is 0 Å². The summed E-state index contributed by atoms with van der Waals surface area (Å²) in [4.78, 5) is 7.79. The summed E-state index contributed by atoms with van der Waals surface area (Å²) in [5.41, 5.74) is 23.5. The predicted molar refractivity (Wildman–Crippen MR) is 333 cm³/mol. The molecule has 3 nitrogen and oxygen atoms in total. The Morgan fingerprint density at radius 1 is 0.395 bits per heavy atom. The van der Waals surface area contributed by atoms with Crippen molar-refractivity contribution in [2.75, 3.05) is 14.6 Å². The van der Waals surface area contributed by atoms with Crippen LogP contribution >= 0.6 is 11.3 Å². The summed E-state index contributed by atoms with van der Waals surface area (Å²) < 4.78 is 2.63. The van der Waals surface area contributed by atoms with Gasteiger partial charge in [0.1, 0.15) is 0 Å². The molecule has 0 saturated heterocycles. The minimum absolute atomic E-state index is 0.00540. The van der Waals surface area contributed by atoms with Gasteiger partial charge in [-0.1, -0.05) is 192 Å². The van der Waals surface area contributed by atoms with Gasteiger partial charge in [0.15, 0.2) is 0 Å². The minimum atomic E-state index is -0.170. The molecule has 0 radical (unpaired) electrons. The molecule has 0 fully saturated rings. The van der Waals surface area contributed by atoms with Gasteiger partial charge in [0.25, 0.3) is 0 Å². The lowest BCUT2D eigenvalue weighted by Crippen LogP contribution is -2.61. The molecule has 12 rings (SSSR count). The van der Waals surface area contributed by atoms with Crippen LogP contribution in [0.1, 0.15) is 111 Å². The molecule has 0 spiro atoms. The molecule has 1 aromatic heterocycles. The smallest absolute Gasteiger partial charge is 0.334 e. The molecule has 3 heterocycles. The van der Waals surface area contributed by atoms with Gasteiger partial charge in [0, 0.05) is 71.1 Å². The number of benzene rings is 9. The Hall–Kier alpha value is -7.34. The fraction of sp³-hybridized carbons (Fsp3) is 0.239. The molecular formula is C71H70BN3S. The first-order chi connectivity index (χ1) is 36.1. The minimum Gasteiger partial charge on any atom is -0.376 e. The molecule has 76 heavy (non-hydrogen) atoms. The van der Waals surface area contributed by atoms with Gasteiger partial charge in [-0.05, 0) is 157 Å². The summed E-state index contributed by atoms with van der Waals surface area (Å²) in [7, 11) is 0. The van der Waals surface area contributed by atoms with E-state index in [1.165, 1.54) is 110 Å². The number of aryl methyl sites for hydroxylation is 1. The lowest BCUT2D eigenvalue weighted by molar-refractivity contribution is 0.590. The van der Waals surface area contributed by atoms with Gasteiger partial charge in [0.2, 0.25) is 0 Å². The van der Waals surface area contributed by atoms with Gasteiger partial charge in [-0.3, -0.25) is 0 Å². The zero-order valence-corrected chi connectivity index (χ0v) is 47.5. The van der Waals surface area contributed by atoms with Crippen LogP contribution in [0.25, 0.3) is 42.4 Å². The zero-order valence-electron chi connectivity index (χ0n) is 46.7. The summed E-state index contributed by atoms with van der Waals surface area (Å²) >= 11 is 1.94. The standard InChI is InChI=1S/C71H70BN3S/c1-45-41-59-55-37-36-54(73(51-30-23-47(24-31-51)68(2,3)4)52-32-25-48(26-33-52)69(5,6)7)44-62(55)75(53-34-27-49(28-35-53)70(8,9)10)72-65(59)63(42-45)74(61-40-38-57-56-21-17-18-22-64(56)76-67(57)66(61)72)60-39-29-50(71(11,12)13)43-58(60)46-19-15-14-16-20-46/h14-44H,1-13H3. The highest BCUT2D eigenvalue weighted by Crippen LogP contribution is 2.52. The molecule has 0 bridgehead atoms. The number of hydrogen-bond donors (Lipinski definition) is 0. The molecule has 5 heteroatoms. The van der Waals surface area contributed by atoms with E-state index in [4.69, 9.17) is 0 Å². The van der Waals surface area contributed by atoms with Crippen LogP contribution in [0, 0.1) is 6.92 Å². The average Bonchev–Trinajstić information content (AvgIpc) is 3.78. The molecule has 9 aromatic carbocycles. The van der Waals surface area contributed by atoms with Crippen molar-refractivity contribution in [1.82, 2.24) is 0 Å². The second kappa shape index (κ2) is 17.9. The quantitative estimate of drug-likeness (QED) is 0.154. The third-order valence-corrected chi connectivity index (χ3v) is 17.3. The average molecular weight is 1010 g/mol. The molecule has 0 N–H and O–H groups in total. The fourth-order valence-corrected chi connectivity index (χ4v) is 13.1. The predicted octanol–water partition coefficient (Wildman–Crippen LogP) is 19.4. The Labute approximate surface area is 456 Å². The zero-order chi connectivity index (χ0) is 53.2. The van der Waals surface area contributed by atoms with Crippen molar-refractivity contribution in [1.29, 1.82) is 0 Å². The maximum atomic E-state index is 2.71. The summed E-state index contributed by atoms with van der Waals surface area (Å²) in [6.07, 6.45) is 0. The van der Waals surface area contributed by atoms with E-state index in [-0.39, 0.29) is 28.5 Å². The fourth-order valence-electron chi connectivity index (χ4n) is 11.9. The molecular weight excluding hydrogens is 938 g/mol. The molecule has 10 aromatic rings. The van der Waals surface area contributed by atoms with Crippen molar-refractivity contribution in [3.63, 3.8) is 0 Å². The molecule has 0 saturated carbocycles. The van der Waals surface area contributed by atoms with Gasteiger partial charge < -0.3 is 14.6 Å². The van der Waals surface area contributed by atoms with Crippen LogP contribution in [0.15, 0.2) is 188 Å². The normalized spacial score (nSPS) is 13.5. The van der Waals surface area contributed by atoms with Crippen LogP contribution in [0.3, 0.4) is 0 Å². The number of thiophene rings is 1. The number of anilines is 8. The monoisotopic (exact) mass is 1010 g/mol. The second-order valence-corrected chi connectivity index (χ2v) is 26.7. The van der Waals surface area contributed by atoms with E-state index in [1.807, 2.05) is 11.3 Å². The van der Waals surface area contributed by atoms with Gasteiger partial charge >= 0.3 is 6.85 Å². The molecule has 0 atom stereocenters. The van der Waals surface area contributed by atoms with Crippen LogP contribution in [-0.2, 0) is 21.7 Å². The molecule has 2 aliphatic rings. The highest BCUT2D eigenvalue weighted by molar-refractivity contribution is 7.27. The number of fused-ring (bicyclic) bond motifs is 8. The summed E-state index contributed by atoms with van der Waals surface area (Å²) in [5.74, 6) is 0. The van der Waals surface area contributed by atoms with E-state index in [0.717, 1.165) is 17.1 Å². The summed E-state index contributed by atoms with van der Waals surface area (Å²) in [5, 5.41) is 2.60. The third-order valence-electron chi connectivity index (χ3n) is 16.1. The Kier molecular flexibility index (Phi) is 11.7. The van der Waals surface area contributed by atoms with E-state index in [0.29, 0.717) is 0 Å². The van der Waals surface area contributed by atoms with E-state index < -0.39 is 0 Å². The van der Waals surface area contributed by atoms with Crippen molar-refractivity contribution in [3.8, 4) is 22.3 Å². The van der Waals surface area contributed by atoms with Gasteiger partial charge in [-0.2, -0.15) is 0 Å². The number of rotatable bonds is 6. The Morgan fingerprint density at radius 3 is 1.54 bits per heavy atom. The third kappa shape index (κ3) is 8.43. The van der Waals surface area contributed by atoms with Crippen LogP contribution in [0.4, 0.5) is 45.5 Å². The highest BCUT2D eigenvalue weighted by atomic mass is 32.1. The Morgan fingerprint density at radius 2 is 0.934 bits per heavy atom. The SMILES string of the molecule is Cc1cc2c3c(c1)N(c1ccc(C(C)(C)C)cc1-c1ccccc1)c1ccc4c(sc5ccccc54)c1B3N(c1ccc(C(C)(C)C)cc1)c1cc(N(c3ccc(C(C)(C)C)cc3)c3ccc(C(C)(C)C)cc3)ccc1-2. The molecule has 0 unspecified atom stereocenters. The number of nitrogens with zero attached hydrogens (tertiary/aromatic N) is 3. The van der Waals surface area contributed by atoms with Crippen LogP contribution in [-0.4, -0.2) is 6.85 Å². The molecule has 378 valence electrons. The lowest BCUT2D eigenvalue weighted by Gasteiger charge is -2.46. The maximum absolute atomic E-state index is 2.71. The largest absolute Gasteiger partial charge is 0.376 e. The molecule has 0 amide bonds. The van der Waals surface area contributed by atoms with Crippen LogP contribution < -0.4 is 25.5 Å². The first-order valence-electron chi connectivity index (χ1n) is 27.3. The first-order valence-corrected chi connectivity index (χ1v) is 28.1. The summed E-state index contributed by atoms with van der Waals surface area (Å²) in [6, 6.07) is 72.3. The van der Waals surface area contributed by atoms with Crippen molar-refractivity contribution < 1.29 is 0 Å². The van der Waals surface area contributed by atoms with Crippen molar-refractivity contribution >= 4 is 94.8 Å². The van der Waals surface area contributed by atoms with Crippen molar-refractivity contribution in [3.05, 3.63) is 216 Å². The van der Waals surface area contributed by atoms with Gasteiger partial charge in [-0.15, -0.1) is 11.3 Å². The maximum Gasteiger partial charge on any atom is 0.334 e. The second-order valence-electron chi connectivity index (χ2n) is 25.6. The Bertz CT molecular complexity index is 3800. The van der Waals surface area contributed by atoms with E-state index >= 15 is 0 Å². The van der Waals surface area contributed by atoms with Gasteiger partial charge in [-0.25, -0.2) is 0 Å². The summed E-state index contributed by atoms with van der Waals surface area (Å²) in [6.45, 7) is 29.8. The van der Waals surface area contributed by atoms with E-state index in [9.17, 15) is 0 Å². The topological polar surface area (TPSA) is 9.72 Å². The molecule has 0 aliphatic carbocycles.